The van der Waals surface area contributed by atoms with Gasteiger partial charge in [0.2, 0.25) is 0 Å². The minimum Gasteiger partial charge on any atom is -0.410 e. The van der Waals surface area contributed by atoms with Crippen molar-refractivity contribution in [3.05, 3.63) is 0 Å². The van der Waals surface area contributed by atoms with E-state index in [1.54, 1.807) is 0 Å². The van der Waals surface area contributed by atoms with Gasteiger partial charge in [0.1, 0.15) is 0 Å². The third kappa shape index (κ3) is 2.95. The van der Waals surface area contributed by atoms with Crippen molar-refractivity contribution in [2.75, 3.05) is 26.2 Å². The number of hydrogen-bond donors (Lipinski definition) is 2. The summed E-state index contributed by atoms with van der Waals surface area (Å²) in [5.74, 6) is 0. The molecule has 2 N–H and O–H groups in total. The molecule has 0 radical (unpaired) electrons. The van der Waals surface area contributed by atoms with Crippen molar-refractivity contribution in [1.29, 1.82) is 0 Å². The highest BCUT2D eigenvalue weighted by Gasteiger charge is 2.18. The lowest BCUT2D eigenvalue weighted by Crippen LogP contribution is -2.25. The quantitative estimate of drug-likeness (QED) is 0.550. The van der Waals surface area contributed by atoms with Crippen LogP contribution in [0.5, 0.6) is 0 Å². The summed E-state index contributed by atoms with van der Waals surface area (Å²) in [6.07, 6.45) is 2.97. The van der Waals surface area contributed by atoms with Crippen molar-refractivity contribution in [2.24, 2.45) is 0 Å². The van der Waals surface area contributed by atoms with Gasteiger partial charge in [0.05, 0.1) is 12.2 Å². The van der Waals surface area contributed by atoms with Crippen LogP contribution in [-0.4, -0.2) is 46.1 Å². The molecule has 2 atom stereocenters. The topological polar surface area (TPSA) is 42.5 Å². The zero-order chi connectivity index (χ0) is 8.93. The molecule has 0 aliphatic carbocycles. The molecule has 2 rings (SSSR count). The Balaban J connectivity index is 1.52. The minimum atomic E-state index is 0.370. The normalized spacial score (nSPS) is 33.8. The molecule has 74 valence electrons. The Bertz CT molecular complexity index is 131. The van der Waals surface area contributed by atoms with Crippen molar-refractivity contribution in [2.45, 2.75) is 25.0 Å². The second kappa shape index (κ2) is 4.95. The van der Waals surface area contributed by atoms with Crippen LogP contribution in [-0.2, 0) is 9.31 Å². The average molecular weight is 184 g/mol. The van der Waals surface area contributed by atoms with E-state index in [1.807, 2.05) is 0 Å². The fourth-order valence-corrected chi connectivity index (χ4v) is 1.77. The molecule has 5 heteroatoms. The SMILES string of the molecule is B(OC1CCNC1)OC1CCNC1. The molecule has 0 saturated carbocycles. The van der Waals surface area contributed by atoms with Gasteiger partial charge in [-0.15, -0.1) is 0 Å². The highest BCUT2D eigenvalue weighted by Crippen LogP contribution is 2.05. The Labute approximate surface area is 79.7 Å². The predicted molar refractivity (Wildman–Crippen MR) is 51.9 cm³/mol. The molecule has 4 nitrogen and oxygen atoms in total. The van der Waals surface area contributed by atoms with Crippen LogP contribution in [0.2, 0.25) is 0 Å². The minimum absolute atomic E-state index is 0.370. The lowest BCUT2D eigenvalue weighted by molar-refractivity contribution is 0.136. The molecule has 13 heavy (non-hydrogen) atoms. The van der Waals surface area contributed by atoms with E-state index in [2.05, 4.69) is 10.6 Å². The van der Waals surface area contributed by atoms with E-state index in [1.165, 1.54) is 0 Å². The molecule has 0 aromatic heterocycles. The van der Waals surface area contributed by atoms with Crippen molar-refractivity contribution >= 4 is 7.69 Å². The number of nitrogens with one attached hydrogen (secondary N) is 2. The van der Waals surface area contributed by atoms with E-state index in [0.717, 1.165) is 39.0 Å². The van der Waals surface area contributed by atoms with Crippen molar-refractivity contribution < 1.29 is 9.31 Å². The summed E-state index contributed by atoms with van der Waals surface area (Å²) in [5, 5.41) is 6.52. The van der Waals surface area contributed by atoms with E-state index in [4.69, 9.17) is 9.31 Å². The van der Waals surface area contributed by atoms with Crippen LogP contribution < -0.4 is 10.6 Å². The van der Waals surface area contributed by atoms with Crippen LogP contribution >= 0.6 is 0 Å². The van der Waals surface area contributed by atoms with E-state index in [0.29, 0.717) is 19.9 Å². The zero-order valence-corrected chi connectivity index (χ0v) is 7.92. The first-order valence-electron chi connectivity index (χ1n) is 5.10. The van der Waals surface area contributed by atoms with Gasteiger partial charge < -0.3 is 19.9 Å². The van der Waals surface area contributed by atoms with Crippen LogP contribution in [0.25, 0.3) is 0 Å². The summed E-state index contributed by atoms with van der Waals surface area (Å²) in [6, 6.07) is 0. The first kappa shape index (κ1) is 9.46. The maximum Gasteiger partial charge on any atom is 0.438 e. The second-order valence-electron chi connectivity index (χ2n) is 3.68. The van der Waals surface area contributed by atoms with Crippen LogP contribution in [0.3, 0.4) is 0 Å². The first-order valence-corrected chi connectivity index (χ1v) is 5.10. The van der Waals surface area contributed by atoms with Crippen LogP contribution in [0, 0.1) is 0 Å². The number of rotatable bonds is 4. The lowest BCUT2D eigenvalue weighted by Gasteiger charge is -2.13. The van der Waals surface area contributed by atoms with Crippen molar-refractivity contribution in [3.63, 3.8) is 0 Å². The van der Waals surface area contributed by atoms with Crippen LogP contribution in [0.15, 0.2) is 0 Å². The molecule has 2 aliphatic heterocycles. The Hall–Kier alpha value is -0.0951. The summed E-state index contributed by atoms with van der Waals surface area (Å²) in [6.45, 7) is 4.11. The molecule has 2 aliphatic rings. The molecule has 0 aromatic carbocycles. The summed E-state index contributed by atoms with van der Waals surface area (Å²) < 4.78 is 11.1. The van der Waals surface area contributed by atoms with Gasteiger partial charge in [0, 0.05) is 13.1 Å². The summed E-state index contributed by atoms with van der Waals surface area (Å²) in [4.78, 5) is 0. The van der Waals surface area contributed by atoms with Crippen LogP contribution in [0.1, 0.15) is 12.8 Å². The summed E-state index contributed by atoms with van der Waals surface area (Å²) >= 11 is 0. The van der Waals surface area contributed by atoms with Gasteiger partial charge in [-0.05, 0) is 25.9 Å². The maximum absolute atomic E-state index is 5.55. The standard InChI is InChI=1S/C8H17BN2O2/c1-3-10-5-7(1)12-9-13-8-2-4-11-6-8/h7-11H,1-6H2. The van der Waals surface area contributed by atoms with E-state index >= 15 is 0 Å². The molecule has 0 aromatic rings. The Morgan fingerprint density at radius 3 is 1.85 bits per heavy atom. The zero-order valence-electron chi connectivity index (χ0n) is 7.92. The first-order chi connectivity index (χ1) is 6.45. The Morgan fingerprint density at radius 1 is 0.923 bits per heavy atom. The van der Waals surface area contributed by atoms with Crippen molar-refractivity contribution in [1.82, 2.24) is 10.6 Å². The molecular formula is C8H17BN2O2. The molecule has 2 fully saturated rings. The maximum atomic E-state index is 5.55. The van der Waals surface area contributed by atoms with Gasteiger partial charge in [-0.2, -0.15) is 0 Å². The molecular weight excluding hydrogens is 167 g/mol. The van der Waals surface area contributed by atoms with Crippen molar-refractivity contribution in [3.8, 4) is 0 Å². The lowest BCUT2D eigenvalue weighted by atomic mass is 10.2. The molecule has 0 spiro atoms. The second-order valence-corrected chi connectivity index (χ2v) is 3.68. The van der Waals surface area contributed by atoms with E-state index in [9.17, 15) is 0 Å². The van der Waals surface area contributed by atoms with Crippen LogP contribution in [0.4, 0.5) is 0 Å². The molecule has 2 unspecified atom stereocenters. The van der Waals surface area contributed by atoms with Gasteiger partial charge >= 0.3 is 7.69 Å². The summed E-state index contributed by atoms with van der Waals surface area (Å²) in [5.41, 5.74) is 0. The van der Waals surface area contributed by atoms with Gasteiger partial charge in [-0.1, -0.05) is 0 Å². The highest BCUT2D eigenvalue weighted by molar-refractivity contribution is 6.18. The largest absolute Gasteiger partial charge is 0.438 e. The predicted octanol–water partition coefficient (Wildman–Crippen LogP) is -0.990. The molecule has 2 heterocycles. The fraction of sp³-hybridized carbons (Fsp3) is 1.00. The molecule has 0 amide bonds. The average Bonchev–Trinajstić information content (AvgIpc) is 2.75. The van der Waals surface area contributed by atoms with E-state index in [-0.39, 0.29) is 0 Å². The number of hydrogen-bond acceptors (Lipinski definition) is 4. The van der Waals surface area contributed by atoms with Gasteiger partial charge in [-0.25, -0.2) is 0 Å². The third-order valence-corrected chi connectivity index (χ3v) is 2.64. The Morgan fingerprint density at radius 2 is 1.46 bits per heavy atom. The fourth-order valence-electron chi connectivity index (χ4n) is 1.77. The third-order valence-electron chi connectivity index (χ3n) is 2.64. The van der Waals surface area contributed by atoms with Gasteiger partial charge in [0.15, 0.2) is 0 Å². The van der Waals surface area contributed by atoms with Gasteiger partial charge in [0.25, 0.3) is 0 Å². The molecule has 2 saturated heterocycles. The monoisotopic (exact) mass is 184 g/mol. The molecule has 0 bridgehead atoms. The van der Waals surface area contributed by atoms with E-state index < -0.39 is 0 Å². The Kier molecular flexibility index (Phi) is 3.60. The summed E-state index contributed by atoms with van der Waals surface area (Å²) in [7, 11) is 0.457. The van der Waals surface area contributed by atoms with Gasteiger partial charge in [-0.3, -0.25) is 0 Å². The smallest absolute Gasteiger partial charge is 0.410 e. The highest BCUT2D eigenvalue weighted by atomic mass is 16.6.